The Hall–Kier alpha value is -1.75. The molecule has 1 aliphatic heterocycles. The van der Waals surface area contributed by atoms with E-state index in [9.17, 15) is 0 Å². The van der Waals surface area contributed by atoms with Crippen LogP contribution in [0.4, 0.5) is 0 Å². The smallest absolute Gasteiger partial charge is 0.0605 e. The highest BCUT2D eigenvalue weighted by atomic mass is 15.0. The van der Waals surface area contributed by atoms with Crippen molar-refractivity contribution in [1.29, 1.82) is 0 Å². The van der Waals surface area contributed by atoms with Crippen LogP contribution in [0.15, 0.2) is 42.6 Å². The Balaban J connectivity index is 1.25. The van der Waals surface area contributed by atoms with Gasteiger partial charge in [-0.1, -0.05) is 30.3 Å². The molecule has 4 rings (SSSR count). The van der Waals surface area contributed by atoms with Gasteiger partial charge in [0.2, 0.25) is 0 Å². The summed E-state index contributed by atoms with van der Waals surface area (Å²) in [5.74, 6) is 0. The number of hydrogen-bond donors (Lipinski definition) is 3. The number of benzene rings is 1. The Morgan fingerprint density at radius 3 is 2.65 bits per heavy atom. The van der Waals surface area contributed by atoms with Gasteiger partial charge in [-0.15, -0.1) is 0 Å². The van der Waals surface area contributed by atoms with Gasteiger partial charge < -0.3 is 16.0 Å². The van der Waals surface area contributed by atoms with Gasteiger partial charge in [0.25, 0.3) is 0 Å². The van der Waals surface area contributed by atoms with Crippen LogP contribution >= 0.6 is 0 Å². The molecular formula is C22H30N4. The first-order chi connectivity index (χ1) is 12.9. The van der Waals surface area contributed by atoms with E-state index in [2.05, 4.69) is 57.3 Å². The number of nitrogens with zero attached hydrogens (tertiary/aromatic N) is 1. The lowest BCUT2D eigenvalue weighted by atomic mass is 9.92. The maximum absolute atomic E-state index is 4.62. The Morgan fingerprint density at radius 2 is 1.85 bits per heavy atom. The predicted octanol–water partition coefficient (Wildman–Crippen LogP) is 3.09. The minimum atomic E-state index is 0.389. The number of hydrogen-bond acceptors (Lipinski definition) is 4. The lowest BCUT2D eigenvalue weighted by Crippen LogP contribution is -2.33. The van der Waals surface area contributed by atoms with Crippen molar-refractivity contribution < 1.29 is 0 Å². The summed E-state index contributed by atoms with van der Waals surface area (Å²) in [4.78, 5) is 4.62. The highest BCUT2D eigenvalue weighted by Crippen LogP contribution is 2.27. The number of nitrogens with one attached hydrogen (secondary N) is 3. The zero-order valence-corrected chi connectivity index (χ0v) is 15.5. The molecule has 0 spiro atoms. The molecule has 2 heterocycles. The zero-order valence-electron chi connectivity index (χ0n) is 15.5. The molecule has 4 nitrogen and oxygen atoms in total. The van der Waals surface area contributed by atoms with Gasteiger partial charge in [-0.25, -0.2) is 0 Å². The Morgan fingerprint density at radius 1 is 1.00 bits per heavy atom. The van der Waals surface area contributed by atoms with Crippen LogP contribution in [0.25, 0.3) is 0 Å². The third-order valence-corrected chi connectivity index (χ3v) is 5.65. The largest absolute Gasteiger partial charge is 0.313 e. The van der Waals surface area contributed by atoms with Crippen LogP contribution in [0.5, 0.6) is 0 Å². The van der Waals surface area contributed by atoms with E-state index in [-0.39, 0.29) is 0 Å². The standard InChI is InChI=1S/C22H30N4/c1-4-19-5-2-13-25-22(19)21(7-1)26-15-18-10-8-17(9-11-18)14-23-16-20-6-3-12-24-20/h2,5,8-11,13,20-21,23-24,26H,1,3-4,6-7,12,14-16H2. The fraction of sp³-hybridized carbons (Fsp3) is 0.500. The second kappa shape index (κ2) is 8.76. The van der Waals surface area contributed by atoms with Crippen molar-refractivity contribution in [3.05, 3.63) is 65.0 Å². The van der Waals surface area contributed by atoms with Crippen molar-refractivity contribution in [2.45, 2.75) is 57.3 Å². The van der Waals surface area contributed by atoms with Crippen molar-refractivity contribution in [3.8, 4) is 0 Å². The molecule has 3 N–H and O–H groups in total. The number of rotatable bonds is 7. The SMILES string of the molecule is c1cnc2c(c1)CCCC2NCc1ccc(CNCC2CCCN2)cc1. The van der Waals surface area contributed by atoms with Gasteiger partial charge in [0.1, 0.15) is 0 Å². The molecule has 2 atom stereocenters. The Labute approximate surface area is 156 Å². The first-order valence-electron chi connectivity index (χ1n) is 10.1. The molecule has 2 aliphatic rings. The number of aromatic nitrogens is 1. The molecule has 0 amide bonds. The summed E-state index contributed by atoms with van der Waals surface area (Å²) in [5, 5.41) is 10.8. The van der Waals surface area contributed by atoms with Crippen LogP contribution < -0.4 is 16.0 Å². The second-order valence-corrected chi connectivity index (χ2v) is 7.61. The average molecular weight is 351 g/mol. The van der Waals surface area contributed by atoms with E-state index in [1.807, 2.05) is 6.20 Å². The highest BCUT2D eigenvalue weighted by Gasteiger charge is 2.20. The highest BCUT2D eigenvalue weighted by molar-refractivity contribution is 5.26. The summed E-state index contributed by atoms with van der Waals surface area (Å²) < 4.78 is 0. The zero-order chi connectivity index (χ0) is 17.6. The van der Waals surface area contributed by atoms with Gasteiger partial charge in [0, 0.05) is 31.9 Å². The third-order valence-electron chi connectivity index (χ3n) is 5.65. The van der Waals surface area contributed by atoms with Crippen molar-refractivity contribution in [3.63, 3.8) is 0 Å². The predicted molar refractivity (Wildman–Crippen MR) is 106 cm³/mol. The van der Waals surface area contributed by atoms with E-state index in [0.717, 1.165) is 19.6 Å². The molecule has 1 aliphatic carbocycles. The molecular weight excluding hydrogens is 320 g/mol. The van der Waals surface area contributed by atoms with Gasteiger partial charge in [0.05, 0.1) is 11.7 Å². The first-order valence-corrected chi connectivity index (χ1v) is 10.1. The van der Waals surface area contributed by atoms with E-state index in [0.29, 0.717) is 12.1 Å². The summed E-state index contributed by atoms with van der Waals surface area (Å²) in [5.41, 5.74) is 5.36. The maximum atomic E-state index is 4.62. The van der Waals surface area contributed by atoms with Crippen LogP contribution in [-0.2, 0) is 19.5 Å². The number of aryl methyl sites for hydroxylation is 1. The van der Waals surface area contributed by atoms with Gasteiger partial charge in [-0.05, 0) is 61.4 Å². The quantitative estimate of drug-likeness (QED) is 0.718. The molecule has 2 unspecified atom stereocenters. The number of pyridine rings is 1. The monoisotopic (exact) mass is 350 g/mol. The normalized spacial score (nSPS) is 22.3. The van der Waals surface area contributed by atoms with Crippen molar-refractivity contribution in [2.24, 2.45) is 0 Å². The van der Waals surface area contributed by atoms with Crippen molar-refractivity contribution in [1.82, 2.24) is 20.9 Å². The molecule has 138 valence electrons. The molecule has 0 radical (unpaired) electrons. The van der Waals surface area contributed by atoms with Crippen LogP contribution in [0, 0.1) is 0 Å². The summed E-state index contributed by atoms with van der Waals surface area (Å²) >= 11 is 0. The average Bonchev–Trinajstić information content (AvgIpc) is 3.21. The summed E-state index contributed by atoms with van der Waals surface area (Å²) in [6.07, 6.45) is 8.13. The first kappa shape index (κ1) is 17.7. The topological polar surface area (TPSA) is 49.0 Å². The molecule has 2 aromatic rings. The Kier molecular flexibility index (Phi) is 5.95. The second-order valence-electron chi connectivity index (χ2n) is 7.61. The van der Waals surface area contributed by atoms with Crippen LogP contribution in [-0.4, -0.2) is 24.1 Å². The lowest BCUT2D eigenvalue weighted by Gasteiger charge is -2.25. The fourth-order valence-electron chi connectivity index (χ4n) is 4.15. The van der Waals surface area contributed by atoms with Crippen LogP contribution in [0.2, 0.25) is 0 Å². The Bertz CT molecular complexity index is 692. The van der Waals surface area contributed by atoms with Crippen molar-refractivity contribution >= 4 is 0 Å². The molecule has 0 bridgehead atoms. The summed E-state index contributed by atoms with van der Waals surface area (Å²) in [6.45, 7) is 4.10. The molecule has 1 aromatic carbocycles. The van der Waals surface area contributed by atoms with Gasteiger partial charge in [-0.3, -0.25) is 4.98 Å². The molecule has 4 heteroatoms. The lowest BCUT2D eigenvalue weighted by molar-refractivity contribution is 0.447. The van der Waals surface area contributed by atoms with E-state index in [4.69, 9.17) is 0 Å². The van der Waals surface area contributed by atoms with E-state index < -0.39 is 0 Å². The number of fused-ring (bicyclic) bond motifs is 1. The van der Waals surface area contributed by atoms with E-state index in [1.54, 1.807) is 0 Å². The molecule has 1 aromatic heterocycles. The van der Waals surface area contributed by atoms with Crippen molar-refractivity contribution in [2.75, 3.05) is 13.1 Å². The van der Waals surface area contributed by atoms with Gasteiger partial charge >= 0.3 is 0 Å². The minimum absolute atomic E-state index is 0.389. The van der Waals surface area contributed by atoms with Crippen LogP contribution in [0.1, 0.15) is 54.1 Å². The van der Waals surface area contributed by atoms with Gasteiger partial charge in [0.15, 0.2) is 0 Å². The van der Waals surface area contributed by atoms with Gasteiger partial charge in [-0.2, -0.15) is 0 Å². The van der Waals surface area contributed by atoms with E-state index >= 15 is 0 Å². The fourth-order valence-corrected chi connectivity index (χ4v) is 4.15. The molecule has 26 heavy (non-hydrogen) atoms. The molecule has 1 fully saturated rings. The minimum Gasteiger partial charge on any atom is -0.313 e. The maximum Gasteiger partial charge on any atom is 0.0605 e. The van der Waals surface area contributed by atoms with E-state index in [1.165, 1.54) is 61.0 Å². The summed E-state index contributed by atoms with van der Waals surface area (Å²) in [6, 6.07) is 14.3. The summed E-state index contributed by atoms with van der Waals surface area (Å²) in [7, 11) is 0. The third kappa shape index (κ3) is 4.50. The van der Waals surface area contributed by atoms with Crippen LogP contribution in [0.3, 0.4) is 0 Å². The molecule has 0 saturated carbocycles. The molecule has 1 saturated heterocycles.